The molecule has 84 valence electrons. The van der Waals surface area contributed by atoms with E-state index in [1.165, 1.54) is 0 Å². The molecule has 2 rings (SSSR count). The van der Waals surface area contributed by atoms with Crippen molar-refractivity contribution >= 4 is 54.4 Å². The third-order valence-corrected chi connectivity index (χ3v) is 3.87. The number of ether oxygens (including phenoxy) is 1. The molecule has 0 radical (unpaired) electrons. The minimum atomic E-state index is 0.512. The second-order valence-corrected chi connectivity index (χ2v) is 5.43. The summed E-state index contributed by atoms with van der Waals surface area (Å²) in [6.45, 7) is 1.92. The number of nitrogens with zero attached hydrogens (tertiary/aromatic N) is 1. The highest BCUT2D eigenvalue weighted by atomic mass is 79.9. The molecule has 0 saturated carbocycles. The standard InChI is InChI=1S/C11H8Br2ClNO/c1-5-3-6-9(15-11(5)14)7(12)4-8(13)10(6)16-2/h3-4H,1-2H3. The predicted octanol–water partition coefficient (Wildman–Crippen LogP) is 4.73. The first kappa shape index (κ1) is 12.1. The van der Waals surface area contributed by atoms with Crippen molar-refractivity contribution in [2.45, 2.75) is 6.92 Å². The third kappa shape index (κ3) is 1.94. The van der Waals surface area contributed by atoms with E-state index in [2.05, 4.69) is 36.8 Å². The van der Waals surface area contributed by atoms with Crippen LogP contribution in [-0.4, -0.2) is 12.1 Å². The summed E-state index contributed by atoms with van der Waals surface area (Å²) in [5, 5.41) is 1.45. The maximum atomic E-state index is 6.01. The third-order valence-electron chi connectivity index (χ3n) is 2.30. The summed E-state index contributed by atoms with van der Waals surface area (Å²) in [4.78, 5) is 4.34. The highest BCUT2D eigenvalue weighted by molar-refractivity contribution is 9.11. The average molecular weight is 365 g/mol. The van der Waals surface area contributed by atoms with E-state index in [4.69, 9.17) is 16.3 Å². The molecule has 0 aliphatic rings. The zero-order valence-corrected chi connectivity index (χ0v) is 12.6. The van der Waals surface area contributed by atoms with Gasteiger partial charge in [-0.1, -0.05) is 11.6 Å². The normalized spacial score (nSPS) is 10.8. The minimum absolute atomic E-state index is 0.512. The van der Waals surface area contributed by atoms with E-state index in [9.17, 15) is 0 Å². The molecule has 0 N–H and O–H groups in total. The molecule has 0 fully saturated rings. The van der Waals surface area contributed by atoms with Gasteiger partial charge in [0.1, 0.15) is 10.9 Å². The molecule has 1 heterocycles. The first-order valence-electron chi connectivity index (χ1n) is 4.53. The molecule has 0 aliphatic carbocycles. The number of pyridine rings is 1. The van der Waals surface area contributed by atoms with Crippen LogP contribution in [0.2, 0.25) is 5.15 Å². The van der Waals surface area contributed by atoms with Crippen LogP contribution >= 0.6 is 43.5 Å². The fraction of sp³-hybridized carbons (Fsp3) is 0.182. The highest BCUT2D eigenvalue weighted by Gasteiger charge is 2.12. The van der Waals surface area contributed by atoms with Crippen molar-refractivity contribution in [3.63, 3.8) is 0 Å². The SMILES string of the molecule is COc1c(Br)cc(Br)c2nc(Cl)c(C)cc12. The van der Waals surface area contributed by atoms with E-state index in [1.54, 1.807) is 7.11 Å². The van der Waals surface area contributed by atoms with Crippen LogP contribution in [0.25, 0.3) is 10.9 Å². The van der Waals surface area contributed by atoms with E-state index in [1.807, 2.05) is 19.1 Å². The molecule has 0 saturated heterocycles. The lowest BCUT2D eigenvalue weighted by Gasteiger charge is -2.10. The number of hydrogen-bond donors (Lipinski definition) is 0. The lowest BCUT2D eigenvalue weighted by Crippen LogP contribution is -1.91. The Hall–Kier alpha value is -0.320. The van der Waals surface area contributed by atoms with Crippen LogP contribution in [0.5, 0.6) is 5.75 Å². The van der Waals surface area contributed by atoms with Crippen LogP contribution in [-0.2, 0) is 0 Å². The van der Waals surface area contributed by atoms with Crippen LogP contribution in [0.4, 0.5) is 0 Å². The highest BCUT2D eigenvalue weighted by Crippen LogP contribution is 2.38. The molecular weight excluding hydrogens is 357 g/mol. The molecular formula is C11H8Br2ClNO. The smallest absolute Gasteiger partial charge is 0.142 e. The van der Waals surface area contributed by atoms with Gasteiger partial charge in [0.25, 0.3) is 0 Å². The lowest BCUT2D eigenvalue weighted by molar-refractivity contribution is 0.417. The Morgan fingerprint density at radius 1 is 1.25 bits per heavy atom. The van der Waals surface area contributed by atoms with Crippen LogP contribution in [0.15, 0.2) is 21.1 Å². The molecule has 2 aromatic rings. The van der Waals surface area contributed by atoms with Gasteiger partial charge in [0.05, 0.1) is 17.1 Å². The van der Waals surface area contributed by atoms with Gasteiger partial charge in [-0.2, -0.15) is 0 Å². The summed E-state index contributed by atoms with van der Waals surface area (Å²) in [5.41, 5.74) is 1.73. The molecule has 0 bridgehead atoms. The van der Waals surface area contributed by atoms with Gasteiger partial charge in [-0.25, -0.2) is 4.98 Å². The topological polar surface area (TPSA) is 22.1 Å². The van der Waals surface area contributed by atoms with E-state index >= 15 is 0 Å². The van der Waals surface area contributed by atoms with Crippen LogP contribution in [0.3, 0.4) is 0 Å². The van der Waals surface area contributed by atoms with Crippen molar-refractivity contribution < 1.29 is 4.74 Å². The van der Waals surface area contributed by atoms with E-state index in [0.717, 1.165) is 31.2 Å². The van der Waals surface area contributed by atoms with E-state index in [0.29, 0.717) is 5.15 Å². The number of fused-ring (bicyclic) bond motifs is 1. The van der Waals surface area contributed by atoms with Crippen LogP contribution in [0.1, 0.15) is 5.56 Å². The van der Waals surface area contributed by atoms with Crippen molar-refractivity contribution in [1.29, 1.82) is 0 Å². The summed E-state index contributed by atoms with van der Waals surface area (Å²) in [6, 6.07) is 3.87. The van der Waals surface area contributed by atoms with Gasteiger partial charge in [0, 0.05) is 9.86 Å². The second-order valence-electron chi connectivity index (χ2n) is 3.37. The summed E-state index contributed by atoms with van der Waals surface area (Å²) < 4.78 is 7.13. The van der Waals surface area contributed by atoms with Gasteiger partial charge in [0.15, 0.2) is 0 Å². The molecule has 1 aromatic heterocycles. The first-order valence-corrected chi connectivity index (χ1v) is 6.50. The fourth-order valence-corrected chi connectivity index (χ4v) is 3.11. The number of aromatic nitrogens is 1. The largest absolute Gasteiger partial charge is 0.495 e. The van der Waals surface area contributed by atoms with E-state index in [-0.39, 0.29) is 0 Å². The molecule has 0 atom stereocenters. The fourth-order valence-electron chi connectivity index (χ4n) is 1.53. The molecule has 1 aromatic carbocycles. The molecule has 0 aliphatic heterocycles. The molecule has 0 spiro atoms. The maximum absolute atomic E-state index is 6.01. The van der Waals surface area contributed by atoms with Crippen molar-refractivity contribution in [1.82, 2.24) is 4.98 Å². The molecule has 16 heavy (non-hydrogen) atoms. The summed E-state index contributed by atoms with van der Waals surface area (Å²) >= 11 is 12.9. The molecule has 0 amide bonds. The summed E-state index contributed by atoms with van der Waals surface area (Å²) in [6.07, 6.45) is 0. The van der Waals surface area contributed by atoms with Crippen molar-refractivity contribution in [3.8, 4) is 5.75 Å². The Labute approximate surface area is 115 Å². The first-order chi connectivity index (χ1) is 7.54. The van der Waals surface area contributed by atoms with Crippen LogP contribution in [0, 0.1) is 6.92 Å². The lowest BCUT2D eigenvalue weighted by atomic mass is 10.1. The number of methoxy groups -OCH3 is 1. The number of rotatable bonds is 1. The van der Waals surface area contributed by atoms with Crippen molar-refractivity contribution in [2.75, 3.05) is 7.11 Å². The monoisotopic (exact) mass is 363 g/mol. The Morgan fingerprint density at radius 2 is 1.94 bits per heavy atom. The van der Waals surface area contributed by atoms with Crippen molar-refractivity contribution in [2.24, 2.45) is 0 Å². The predicted molar refractivity (Wildman–Crippen MR) is 73.4 cm³/mol. The van der Waals surface area contributed by atoms with Gasteiger partial charge in [-0.15, -0.1) is 0 Å². The Balaban J connectivity index is 2.94. The average Bonchev–Trinajstić information content (AvgIpc) is 2.22. The Morgan fingerprint density at radius 3 is 2.56 bits per heavy atom. The maximum Gasteiger partial charge on any atom is 0.142 e. The second kappa shape index (κ2) is 4.51. The van der Waals surface area contributed by atoms with Gasteiger partial charge in [-0.3, -0.25) is 0 Å². The zero-order valence-electron chi connectivity index (χ0n) is 8.64. The number of aryl methyl sites for hydroxylation is 1. The number of hydrogen-bond acceptors (Lipinski definition) is 2. The number of benzene rings is 1. The summed E-state index contributed by atoms with van der Waals surface area (Å²) in [5.74, 6) is 0.769. The Bertz CT molecular complexity index is 572. The van der Waals surface area contributed by atoms with Gasteiger partial charge < -0.3 is 4.74 Å². The molecule has 2 nitrogen and oxygen atoms in total. The zero-order chi connectivity index (χ0) is 11.9. The summed E-state index contributed by atoms with van der Waals surface area (Å²) in [7, 11) is 1.64. The van der Waals surface area contributed by atoms with Crippen molar-refractivity contribution in [3.05, 3.63) is 31.8 Å². The van der Waals surface area contributed by atoms with Gasteiger partial charge in [-0.05, 0) is 56.5 Å². The van der Waals surface area contributed by atoms with Crippen LogP contribution < -0.4 is 4.74 Å². The molecule has 5 heteroatoms. The number of halogens is 3. The molecule has 0 unspecified atom stereocenters. The Kier molecular flexibility index (Phi) is 3.42. The quantitative estimate of drug-likeness (QED) is 0.682. The van der Waals surface area contributed by atoms with Gasteiger partial charge in [0.2, 0.25) is 0 Å². The minimum Gasteiger partial charge on any atom is -0.495 e. The van der Waals surface area contributed by atoms with E-state index < -0.39 is 0 Å². The van der Waals surface area contributed by atoms with Gasteiger partial charge >= 0.3 is 0 Å².